The zero-order valence-electron chi connectivity index (χ0n) is 24.4. The standard InChI is InChI=1S/C32H40N6O4/c1-3-27-30(34-19-24(32(40)41)18-25(39)17-21-6-9-26(42-2)10-7-21)35-20-36-31(27)38-15-12-22(13-16-38)28-11-8-23-5-4-14-33-29(23)37-28/h6-11,20,22,24H,3-5,12-19H2,1-2H3,(H,33,37)(H,40,41)(H,34,35,36)/t24-/m0/s1. The van der Waals surface area contributed by atoms with E-state index in [4.69, 9.17) is 9.72 Å². The summed E-state index contributed by atoms with van der Waals surface area (Å²) in [4.78, 5) is 41.1. The lowest BCUT2D eigenvalue weighted by Gasteiger charge is -2.34. The third kappa shape index (κ3) is 6.98. The first-order chi connectivity index (χ1) is 20.4. The Morgan fingerprint density at radius 2 is 1.93 bits per heavy atom. The number of benzene rings is 1. The summed E-state index contributed by atoms with van der Waals surface area (Å²) in [5.74, 6) is 1.68. The molecule has 2 aliphatic heterocycles. The third-order valence-electron chi connectivity index (χ3n) is 8.30. The Morgan fingerprint density at radius 3 is 2.64 bits per heavy atom. The van der Waals surface area contributed by atoms with Gasteiger partial charge in [0.1, 0.15) is 35.3 Å². The third-order valence-corrected chi connectivity index (χ3v) is 8.30. The number of fused-ring (bicyclic) bond motifs is 1. The molecule has 10 heteroatoms. The first-order valence-electron chi connectivity index (χ1n) is 14.9. The Hall–Kier alpha value is -4.21. The zero-order chi connectivity index (χ0) is 29.5. The molecule has 1 saturated heterocycles. The number of nitrogens with one attached hydrogen (secondary N) is 2. The summed E-state index contributed by atoms with van der Waals surface area (Å²) >= 11 is 0. The summed E-state index contributed by atoms with van der Waals surface area (Å²) in [6.45, 7) is 4.86. The van der Waals surface area contributed by atoms with Crippen molar-refractivity contribution >= 4 is 29.2 Å². The van der Waals surface area contributed by atoms with Crippen LogP contribution < -0.4 is 20.3 Å². The first kappa shape index (κ1) is 29.3. The highest BCUT2D eigenvalue weighted by Gasteiger charge is 2.27. The van der Waals surface area contributed by atoms with Crippen LogP contribution in [0.1, 0.15) is 60.9 Å². The van der Waals surface area contributed by atoms with Crippen molar-refractivity contribution < 1.29 is 19.4 Å². The Balaban J connectivity index is 1.19. The molecular formula is C32H40N6O4. The summed E-state index contributed by atoms with van der Waals surface area (Å²) in [5, 5.41) is 16.5. The monoisotopic (exact) mass is 572 g/mol. The number of methoxy groups -OCH3 is 1. The normalized spacial score (nSPS) is 15.8. The van der Waals surface area contributed by atoms with E-state index in [-0.39, 0.29) is 25.2 Å². The first-order valence-corrected chi connectivity index (χ1v) is 14.9. The molecule has 10 nitrogen and oxygen atoms in total. The van der Waals surface area contributed by atoms with Crippen LogP contribution in [0.4, 0.5) is 17.5 Å². The number of anilines is 3. The SMILES string of the molecule is CCc1c(NC[C@H](CC(=O)Cc2ccc(OC)cc2)C(=O)O)ncnc1N1CCC(c2ccc3c(n2)NCCC3)CC1. The molecule has 0 bridgehead atoms. The summed E-state index contributed by atoms with van der Waals surface area (Å²) in [7, 11) is 1.59. The Bertz CT molecular complexity index is 1390. The van der Waals surface area contributed by atoms with Gasteiger partial charge in [-0.1, -0.05) is 25.1 Å². The number of ketones is 1. The Kier molecular flexibility index (Phi) is 9.51. The lowest BCUT2D eigenvalue weighted by Crippen LogP contribution is -2.35. The number of nitrogens with zero attached hydrogens (tertiary/aromatic N) is 4. The number of rotatable bonds is 12. The van der Waals surface area contributed by atoms with Gasteiger partial charge < -0.3 is 25.4 Å². The summed E-state index contributed by atoms with van der Waals surface area (Å²) in [6.07, 6.45) is 6.56. The van der Waals surface area contributed by atoms with Crippen LogP contribution in [0.3, 0.4) is 0 Å². The van der Waals surface area contributed by atoms with Crippen LogP contribution >= 0.6 is 0 Å². The van der Waals surface area contributed by atoms with Gasteiger partial charge in [0.25, 0.3) is 0 Å². The van der Waals surface area contributed by atoms with E-state index >= 15 is 0 Å². The number of Topliss-reactive ketones (excluding diaryl/α,β-unsaturated/α-hetero) is 1. The van der Waals surface area contributed by atoms with Crippen molar-refractivity contribution in [2.45, 2.75) is 57.8 Å². The minimum Gasteiger partial charge on any atom is -0.497 e. The average molecular weight is 573 g/mol. The molecule has 1 aromatic carbocycles. The van der Waals surface area contributed by atoms with E-state index in [0.717, 1.165) is 73.8 Å². The molecule has 3 N–H and O–H groups in total. The number of carboxylic acids is 1. The number of pyridine rings is 1. The fourth-order valence-electron chi connectivity index (χ4n) is 5.90. The van der Waals surface area contributed by atoms with E-state index in [1.165, 1.54) is 11.9 Å². The van der Waals surface area contributed by atoms with Crippen molar-refractivity contribution in [1.29, 1.82) is 0 Å². The molecule has 0 amide bonds. The van der Waals surface area contributed by atoms with Gasteiger partial charge in [-0.2, -0.15) is 0 Å². The van der Waals surface area contributed by atoms with Crippen molar-refractivity contribution in [2.75, 3.05) is 48.8 Å². The Morgan fingerprint density at radius 1 is 1.14 bits per heavy atom. The lowest BCUT2D eigenvalue weighted by molar-refractivity contribution is -0.143. The van der Waals surface area contributed by atoms with Crippen LogP contribution in [0.25, 0.3) is 0 Å². The quantitative estimate of drug-likeness (QED) is 0.285. The smallest absolute Gasteiger partial charge is 0.308 e. The number of carboxylic acid groups (broad SMARTS) is 1. The van der Waals surface area contributed by atoms with Gasteiger partial charge in [0, 0.05) is 56.2 Å². The van der Waals surface area contributed by atoms with Gasteiger partial charge in [-0.05, 0) is 61.4 Å². The lowest BCUT2D eigenvalue weighted by atomic mass is 9.92. The van der Waals surface area contributed by atoms with E-state index in [1.54, 1.807) is 19.2 Å². The van der Waals surface area contributed by atoms with Crippen LogP contribution in [-0.4, -0.2) is 65.1 Å². The molecule has 2 aromatic heterocycles. The predicted molar refractivity (Wildman–Crippen MR) is 163 cm³/mol. The fourth-order valence-corrected chi connectivity index (χ4v) is 5.90. The summed E-state index contributed by atoms with van der Waals surface area (Å²) in [5.41, 5.74) is 4.25. The zero-order valence-corrected chi connectivity index (χ0v) is 24.4. The molecule has 42 heavy (non-hydrogen) atoms. The predicted octanol–water partition coefficient (Wildman–Crippen LogP) is 4.50. The topological polar surface area (TPSA) is 130 Å². The molecule has 222 valence electrons. The van der Waals surface area contributed by atoms with Crippen molar-refractivity contribution in [2.24, 2.45) is 5.92 Å². The number of aliphatic carboxylic acids is 1. The molecule has 0 spiro atoms. The van der Waals surface area contributed by atoms with Gasteiger partial charge in [0.05, 0.1) is 13.0 Å². The number of aromatic nitrogens is 3. The van der Waals surface area contributed by atoms with Gasteiger partial charge in [0.2, 0.25) is 0 Å². The van der Waals surface area contributed by atoms with Crippen molar-refractivity contribution in [3.63, 3.8) is 0 Å². The highest BCUT2D eigenvalue weighted by molar-refractivity contribution is 5.85. The molecule has 1 fully saturated rings. The van der Waals surface area contributed by atoms with Crippen molar-refractivity contribution in [1.82, 2.24) is 15.0 Å². The van der Waals surface area contributed by atoms with Gasteiger partial charge >= 0.3 is 5.97 Å². The fraction of sp³-hybridized carbons (Fsp3) is 0.469. The second-order valence-electron chi connectivity index (χ2n) is 11.1. The second kappa shape index (κ2) is 13.6. The van der Waals surface area contributed by atoms with Crippen molar-refractivity contribution in [3.8, 4) is 5.75 Å². The van der Waals surface area contributed by atoms with Crippen LogP contribution in [-0.2, 0) is 28.9 Å². The Labute approximate surface area is 246 Å². The minimum atomic E-state index is -1.01. The van der Waals surface area contributed by atoms with Gasteiger partial charge in [-0.25, -0.2) is 15.0 Å². The highest BCUT2D eigenvalue weighted by Crippen LogP contribution is 2.33. The number of hydrogen-bond acceptors (Lipinski definition) is 9. The van der Waals surface area contributed by atoms with E-state index in [0.29, 0.717) is 23.9 Å². The van der Waals surface area contributed by atoms with Crippen molar-refractivity contribution in [3.05, 3.63) is 65.1 Å². The second-order valence-corrected chi connectivity index (χ2v) is 11.1. The van der Waals surface area contributed by atoms with Gasteiger partial charge in [-0.15, -0.1) is 0 Å². The van der Waals surface area contributed by atoms with E-state index in [9.17, 15) is 14.7 Å². The molecule has 0 aliphatic carbocycles. The summed E-state index contributed by atoms with van der Waals surface area (Å²) < 4.78 is 5.16. The van der Waals surface area contributed by atoms with Gasteiger partial charge in [0.15, 0.2) is 0 Å². The molecule has 1 atom stereocenters. The van der Waals surface area contributed by atoms with Crippen LogP contribution in [0.2, 0.25) is 0 Å². The molecule has 4 heterocycles. The van der Waals surface area contributed by atoms with Crippen LogP contribution in [0.5, 0.6) is 5.75 Å². The number of carbonyl (C=O) groups is 2. The molecule has 0 saturated carbocycles. The molecule has 0 unspecified atom stereocenters. The largest absolute Gasteiger partial charge is 0.497 e. The number of hydrogen-bond donors (Lipinski definition) is 3. The van der Waals surface area contributed by atoms with Crippen LogP contribution in [0.15, 0.2) is 42.7 Å². The number of carbonyl (C=O) groups excluding carboxylic acids is 1. The molecule has 2 aliphatic rings. The highest BCUT2D eigenvalue weighted by atomic mass is 16.5. The molecule has 5 rings (SSSR count). The van der Waals surface area contributed by atoms with E-state index < -0.39 is 11.9 Å². The number of ether oxygens (including phenoxy) is 1. The maximum absolute atomic E-state index is 12.7. The minimum absolute atomic E-state index is 0.0620. The molecular weight excluding hydrogens is 532 g/mol. The van der Waals surface area contributed by atoms with E-state index in [2.05, 4.69) is 44.6 Å². The van der Waals surface area contributed by atoms with Gasteiger partial charge in [-0.3, -0.25) is 9.59 Å². The molecule has 0 radical (unpaired) electrons. The number of piperidine rings is 1. The maximum atomic E-state index is 12.7. The number of aryl methyl sites for hydroxylation is 1. The van der Waals surface area contributed by atoms with E-state index in [1.807, 2.05) is 12.1 Å². The molecule has 3 aromatic rings. The van der Waals surface area contributed by atoms with Crippen LogP contribution in [0, 0.1) is 5.92 Å². The maximum Gasteiger partial charge on any atom is 0.308 e. The summed E-state index contributed by atoms with van der Waals surface area (Å²) in [6, 6.07) is 11.7. The average Bonchev–Trinajstić information content (AvgIpc) is 3.02.